The molecule has 9 heavy (non-hydrogen) atoms. The molecule has 0 radical (unpaired) electrons. The van der Waals surface area contributed by atoms with E-state index in [1.165, 1.54) is 0 Å². The molecular weight excluding hydrogens is 136 g/mol. The molecule has 2 nitrogen and oxygen atoms in total. The van der Waals surface area contributed by atoms with E-state index >= 15 is 0 Å². The van der Waals surface area contributed by atoms with Gasteiger partial charge in [0.1, 0.15) is 0 Å². The van der Waals surface area contributed by atoms with E-state index in [0.29, 0.717) is 12.5 Å². The van der Waals surface area contributed by atoms with Gasteiger partial charge in [-0.25, -0.2) is 4.79 Å². The second-order valence-corrected chi connectivity index (χ2v) is 2.38. The van der Waals surface area contributed by atoms with Crippen LogP contribution in [0.5, 0.6) is 0 Å². The van der Waals surface area contributed by atoms with Crippen molar-refractivity contribution >= 4 is 23.6 Å². The van der Waals surface area contributed by atoms with Crippen LogP contribution in [0.15, 0.2) is 0 Å². The van der Waals surface area contributed by atoms with Gasteiger partial charge < -0.3 is 4.74 Å². The number of esters is 1. The molecule has 0 aliphatic carbocycles. The predicted octanol–water partition coefficient (Wildman–Crippen LogP) is 1.19. The highest BCUT2D eigenvalue weighted by Gasteiger charge is 1.97. The first-order valence-electron chi connectivity index (χ1n) is 2.78. The molecular formula is C6H10O2S. The van der Waals surface area contributed by atoms with Crippen molar-refractivity contribution in [2.45, 2.75) is 13.8 Å². The van der Waals surface area contributed by atoms with Gasteiger partial charge in [-0.1, -0.05) is 26.1 Å². The molecule has 0 unspecified atom stereocenters. The normalized spacial score (nSPS) is 9.22. The molecule has 0 saturated heterocycles. The van der Waals surface area contributed by atoms with Crippen molar-refractivity contribution in [2.75, 3.05) is 6.61 Å². The minimum atomic E-state index is -0.418. The van der Waals surface area contributed by atoms with Crippen molar-refractivity contribution in [3.63, 3.8) is 0 Å². The Kier molecular flexibility index (Phi) is 4.22. The molecule has 0 rings (SSSR count). The monoisotopic (exact) mass is 146 g/mol. The lowest BCUT2D eigenvalue weighted by atomic mass is 10.2. The van der Waals surface area contributed by atoms with Gasteiger partial charge in [0.15, 0.2) is 0 Å². The Hall–Kier alpha value is -0.440. The topological polar surface area (TPSA) is 26.3 Å². The molecule has 3 heteroatoms. The quantitative estimate of drug-likeness (QED) is 0.442. The first-order chi connectivity index (χ1) is 4.16. The van der Waals surface area contributed by atoms with Crippen LogP contribution in [0.25, 0.3) is 0 Å². The molecule has 0 aliphatic heterocycles. The third kappa shape index (κ3) is 5.43. The summed E-state index contributed by atoms with van der Waals surface area (Å²) in [6.45, 7) is 4.39. The highest BCUT2D eigenvalue weighted by Crippen LogP contribution is 1.91. The molecule has 0 spiro atoms. The minimum Gasteiger partial charge on any atom is -0.462 e. The predicted molar refractivity (Wildman–Crippen MR) is 39.5 cm³/mol. The fourth-order valence-corrected chi connectivity index (χ4v) is 0.351. The van der Waals surface area contributed by atoms with E-state index < -0.39 is 5.97 Å². The lowest BCUT2D eigenvalue weighted by Crippen LogP contribution is -2.09. The van der Waals surface area contributed by atoms with Crippen LogP contribution >= 0.6 is 12.2 Å². The second kappa shape index (κ2) is 4.44. The highest BCUT2D eigenvalue weighted by atomic mass is 32.1. The average molecular weight is 146 g/mol. The Morgan fingerprint density at radius 3 is 2.67 bits per heavy atom. The van der Waals surface area contributed by atoms with Gasteiger partial charge in [-0.2, -0.15) is 0 Å². The summed E-state index contributed by atoms with van der Waals surface area (Å²) in [7, 11) is 0. The zero-order valence-electron chi connectivity index (χ0n) is 5.59. The number of hydrogen-bond donors (Lipinski definition) is 0. The van der Waals surface area contributed by atoms with Crippen molar-refractivity contribution in [3.8, 4) is 0 Å². The molecule has 0 N–H and O–H groups in total. The van der Waals surface area contributed by atoms with Gasteiger partial charge in [0, 0.05) is 0 Å². The average Bonchev–Trinajstić information content (AvgIpc) is 1.83. The van der Waals surface area contributed by atoms with Crippen molar-refractivity contribution < 1.29 is 9.53 Å². The molecule has 0 aromatic rings. The van der Waals surface area contributed by atoms with Crippen molar-refractivity contribution in [3.05, 3.63) is 0 Å². The summed E-state index contributed by atoms with van der Waals surface area (Å²) in [6, 6.07) is 0. The van der Waals surface area contributed by atoms with Gasteiger partial charge in [-0.15, -0.1) is 0 Å². The molecule has 0 heterocycles. The standard InChI is InChI=1S/C6H10O2S/c1-5(2)3-8-6(7)4-9/h4-5H,3H2,1-2H3. The largest absolute Gasteiger partial charge is 0.462 e. The Morgan fingerprint density at radius 1 is 1.78 bits per heavy atom. The van der Waals surface area contributed by atoms with E-state index in [-0.39, 0.29) is 0 Å². The van der Waals surface area contributed by atoms with Gasteiger partial charge in [-0.05, 0) is 5.92 Å². The lowest BCUT2D eigenvalue weighted by molar-refractivity contribution is -0.135. The molecule has 0 bridgehead atoms. The summed E-state index contributed by atoms with van der Waals surface area (Å²) in [5.74, 6) is -0.0393. The number of hydrogen-bond acceptors (Lipinski definition) is 3. The smallest absolute Gasteiger partial charge is 0.341 e. The summed E-state index contributed by atoms with van der Waals surface area (Å²) in [6.07, 6.45) is 0. The van der Waals surface area contributed by atoms with Gasteiger partial charge in [-0.3, -0.25) is 0 Å². The van der Waals surface area contributed by atoms with Crippen LogP contribution < -0.4 is 0 Å². The van der Waals surface area contributed by atoms with Crippen molar-refractivity contribution in [2.24, 2.45) is 5.92 Å². The summed E-state index contributed by atoms with van der Waals surface area (Å²) in [5, 5.41) is 1.00. The molecule has 0 aliphatic rings. The molecule has 0 aromatic heterocycles. The first-order valence-corrected chi connectivity index (χ1v) is 3.26. The van der Waals surface area contributed by atoms with E-state index in [2.05, 4.69) is 17.0 Å². The Balaban J connectivity index is 3.27. The number of carbonyl (C=O) groups excluding carboxylic acids is 1. The SMILES string of the molecule is CC(C)COC(=O)C=S. The molecule has 0 fully saturated rings. The maximum atomic E-state index is 10.3. The zero-order valence-corrected chi connectivity index (χ0v) is 6.40. The number of carbonyl (C=O) groups is 1. The van der Waals surface area contributed by atoms with Crippen LogP contribution in [0, 0.1) is 5.92 Å². The van der Waals surface area contributed by atoms with Crippen molar-refractivity contribution in [1.82, 2.24) is 0 Å². The Bertz CT molecular complexity index is 110. The molecule has 0 amide bonds. The third-order valence-corrected chi connectivity index (χ3v) is 0.848. The van der Waals surface area contributed by atoms with E-state index in [0.717, 1.165) is 5.37 Å². The minimum absolute atomic E-state index is 0.379. The maximum absolute atomic E-state index is 10.3. The lowest BCUT2D eigenvalue weighted by Gasteiger charge is -2.02. The van der Waals surface area contributed by atoms with Gasteiger partial charge in [0.25, 0.3) is 0 Å². The van der Waals surface area contributed by atoms with E-state index in [1.807, 2.05) is 13.8 Å². The first kappa shape index (κ1) is 8.56. The van der Waals surface area contributed by atoms with E-state index in [1.54, 1.807) is 0 Å². The third-order valence-electron chi connectivity index (χ3n) is 0.655. The Labute approximate surface area is 60.2 Å². The molecule has 52 valence electrons. The molecule has 0 aromatic carbocycles. The van der Waals surface area contributed by atoms with E-state index in [4.69, 9.17) is 0 Å². The fraction of sp³-hybridized carbons (Fsp3) is 0.667. The van der Waals surface area contributed by atoms with Crippen molar-refractivity contribution in [1.29, 1.82) is 0 Å². The number of ether oxygens (including phenoxy) is 1. The Morgan fingerprint density at radius 2 is 2.33 bits per heavy atom. The zero-order chi connectivity index (χ0) is 7.28. The summed E-state index contributed by atoms with van der Waals surface area (Å²) in [5.41, 5.74) is 0. The number of thiocarbonyl (C=S) groups is 1. The molecule has 0 atom stereocenters. The van der Waals surface area contributed by atoms with Crippen LogP contribution in [0.1, 0.15) is 13.8 Å². The maximum Gasteiger partial charge on any atom is 0.341 e. The van der Waals surface area contributed by atoms with Crippen LogP contribution in [0.4, 0.5) is 0 Å². The van der Waals surface area contributed by atoms with Crippen LogP contribution in [-0.4, -0.2) is 17.9 Å². The fourth-order valence-electron chi connectivity index (χ4n) is 0.283. The van der Waals surface area contributed by atoms with Crippen LogP contribution in [0.2, 0.25) is 0 Å². The van der Waals surface area contributed by atoms with Gasteiger partial charge in [0.05, 0.1) is 12.0 Å². The highest BCUT2D eigenvalue weighted by molar-refractivity contribution is 7.80. The van der Waals surface area contributed by atoms with Crippen LogP contribution in [-0.2, 0) is 9.53 Å². The summed E-state index contributed by atoms with van der Waals surface area (Å²) >= 11 is 4.33. The van der Waals surface area contributed by atoms with Crippen LogP contribution in [0.3, 0.4) is 0 Å². The second-order valence-electron chi connectivity index (χ2n) is 2.14. The van der Waals surface area contributed by atoms with E-state index in [9.17, 15) is 4.79 Å². The number of rotatable bonds is 3. The summed E-state index contributed by atoms with van der Waals surface area (Å²) in [4.78, 5) is 10.3. The summed E-state index contributed by atoms with van der Waals surface area (Å²) < 4.78 is 4.65. The van der Waals surface area contributed by atoms with Gasteiger partial charge >= 0.3 is 5.97 Å². The van der Waals surface area contributed by atoms with Gasteiger partial charge in [0.2, 0.25) is 0 Å². The molecule has 0 saturated carbocycles.